The third-order valence-electron chi connectivity index (χ3n) is 5.96. The molecule has 10 nitrogen and oxygen atoms in total. The van der Waals surface area contributed by atoms with E-state index in [4.69, 9.17) is 9.47 Å². The van der Waals surface area contributed by atoms with E-state index in [1.165, 1.54) is 92.3 Å². The Hall–Kier alpha value is -3.61. The summed E-state index contributed by atoms with van der Waals surface area (Å²) in [7, 11) is -3.22. The molecule has 0 bridgehead atoms. The molecule has 3 rings (SSSR count). The van der Waals surface area contributed by atoms with Crippen molar-refractivity contribution in [2.24, 2.45) is 0 Å². The Balaban J connectivity index is 1.74. The largest absolute Gasteiger partial charge is 0.493 e. The molecule has 0 heterocycles. The molecule has 0 radical (unpaired) electrons. The number of anilines is 2. The molecule has 3 aromatic rings. The minimum absolute atomic E-state index is 0.0194. The third kappa shape index (κ3) is 5.93. The average molecular weight is 562 g/mol. The molecule has 12 heteroatoms. The monoisotopic (exact) mass is 561 g/mol. The number of hydrogen-bond acceptors (Lipinski definition) is 7. The molecular formula is C26H31N3O7S2. The van der Waals surface area contributed by atoms with E-state index < -0.39 is 26.0 Å². The number of hydrogen-bond donors (Lipinski definition) is 1. The highest BCUT2D eigenvalue weighted by Gasteiger charge is 2.24. The van der Waals surface area contributed by atoms with Gasteiger partial charge in [0.2, 0.25) is 10.0 Å². The summed E-state index contributed by atoms with van der Waals surface area (Å²) >= 11 is 0. The maximum atomic E-state index is 13.1. The molecule has 0 aliphatic rings. The molecular weight excluding hydrogens is 530 g/mol. The van der Waals surface area contributed by atoms with Crippen molar-refractivity contribution in [3.63, 3.8) is 0 Å². The van der Waals surface area contributed by atoms with Gasteiger partial charge < -0.3 is 14.8 Å². The maximum absolute atomic E-state index is 13.1. The van der Waals surface area contributed by atoms with Crippen LogP contribution in [0.15, 0.2) is 76.5 Å². The highest BCUT2D eigenvalue weighted by atomic mass is 32.2. The Kier molecular flexibility index (Phi) is 9.02. The van der Waals surface area contributed by atoms with E-state index in [9.17, 15) is 21.6 Å². The van der Waals surface area contributed by atoms with Gasteiger partial charge in [0.25, 0.3) is 15.9 Å². The van der Waals surface area contributed by atoms with Crippen LogP contribution in [-0.4, -0.2) is 61.4 Å². The zero-order valence-electron chi connectivity index (χ0n) is 21.8. The number of nitrogens with zero attached hydrogens (tertiary/aromatic N) is 2. The van der Waals surface area contributed by atoms with E-state index in [1.807, 2.05) is 0 Å². The molecule has 204 valence electrons. The van der Waals surface area contributed by atoms with Gasteiger partial charge in [-0.1, -0.05) is 13.8 Å². The van der Waals surface area contributed by atoms with Crippen LogP contribution in [0.25, 0.3) is 0 Å². The second-order valence-corrected chi connectivity index (χ2v) is 12.0. The van der Waals surface area contributed by atoms with Crippen LogP contribution in [0.3, 0.4) is 0 Å². The van der Waals surface area contributed by atoms with E-state index in [0.717, 1.165) is 4.31 Å². The molecule has 0 spiro atoms. The molecule has 0 fully saturated rings. The SMILES string of the molecule is CCN(CC)S(=O)(=O)c1ccc(NC(=O)c2ccc(N(C)S(=O)(=O)c3ccc(OC)c(OC)c3)cc2)cc1. The molecule has 0 saturated heterocycles. The first-order valence-electron chi connectivity index (χ1n) is 11.7. The maximum Gasteiger partial charge on any atom is 0.264 e. The van der Waals surface area contributed by atoms with Crippen molar-refractivity contribution in [3.05, 3.63) is 72.3 Å². The fourth-order valence-electron chi connectivity index (χ4n) is 3.72. The second-order valence-electron chi connectivity index (χ2n) is 8.10. The van der Waals surface area contributed by atoms with Gasteiger partial charge in [-0.05, 0) is 60.7 Å². The normalized spacial score (nSPS) is 11.7. The fraction of sp³-hybridized carbons (Fsp3) is 0.269. The molecule has 0 unspecified atom stereocenters. The van der Waals surface area contributed by atoms with Gasteiger partial charge in [-0.15, -0.1) is 0 Å². The van der Waals surface area contributed by atoms with Crippen LogP contribution >= 0.6 is 0 Å². The highest BCUT2D eigenvalue weighted by molar-refractivity contribution is 7.92. The molecule has 0 aliphatic heterocycles. The van der Waals surface area contributed by atoms with Gasteiger partial charge in [0.15, 0.2) is 11.5 Å². The van der Waals surface area contributed by atoms with E-state index in [2.05, 4.69) is 5.32 Å². The Morgan fingerprint density at radius 3 is 1.84 bits per heavy atom. The third-order valence-corrected chi connectivity index (χ3v) is 9.81. The van der Waals surface area contributed by atoms with Crippen molar-refractivity contribution in [1.29, 1.82) is 0 Å². The number of ether oxygens (including phenoxy) is 2. The summed E-state index contributed by atoms with van der Waals surface area (Å²) < 4.78 is 64.4. The Bertz CT molecular complexity index is 1480. The van der Waals surface area contributed by atoms with Gasteiger partial charge in [-0.25, -0.2) is 16.8 Å². The van der Waals surface area contributed by atoms with Crippen molar-refractivity contribution < 1.29 is 31.1 Å². The predicted octanol–water partition coefficient (Wildman–Crippen LogP) is 3.81. The van der Waals surface area contributed by atoms with Crippen LogP contribution in [0, 0.1) is 0 Å². The van der Waals surface area contributed by atoms with Crippen molar-refractivity contribution in [1.82, 2.24) is 4.31 Å². The number of nitrogens with one attached hydrogen (secondary N) is 1. The van der Waals surface area contributed by atoms with Crippen LogP contribution in [-0.2, 0) is 20.0 Å². The molecule has 1 amide bonds. The minimum atomic E-state index is -3.91. The van der Waals surface area contributed by atoms with Gasteiger partial charge in [-0.3, -0.25) is 9.10 Å². The van der Waals surface area contributed by atoms with Crippen LogP contribution in [0.4, 0.5) is 11.4 Å². The average Bonchev–Trinajstić information content (AvgIpc) is 2.93. The van der Waals surface area contributed by atoms with Gasteiger partial charge in [0.05, 0.1) is 29.7 Å². The highest BCUT2D eigenvalue weighted by Crippen LogP contribution is 2.31. The zero-order chi connectivity index (χ0) is 28.1. The molecule has 38 heavy (non-hydrogen) atoms. The summed E-state index contributed by atoms with van der Waals surface area (Å²) in [4.78, 5) is 12.9. The quantitative estimate of drug-likeness (QED) is 0.378. The van der Waals surface area contributed by atoms with Crippen LogP contribution < -0.4 is 19.1 Å². The zero-order valence-corrected chi connectivity index (χ0v) is 23.5. The number of methoxy groups -OCH3 is 2. The van der Waals surface area contributed by atoms with E-state index in [0.29, 0.717) is 35.8 Å². The molecule has 0 aliphatic carbocycles. The topological polar surface area (TPSA) is 122 Å². The van der Waals surface area contributed by atoms with E-state index in [1.54, 1.807) is 13.8 Å². The Morgan fingerprint density at radius 1 is 0.763 bits per heavy atom. The molecule has 1 N–H and O–H groups in total. The number of sulfonamides is 2. The van der Waals surface area contributed by atoms with Crippen LogP contribution in [0.5, 0.6) is 11.5 Å². The van der Waals surface area contributed by atoms with Crippen molar-refractivity contribution in [2.75, 3.05) is 44.0 Å². The first-order chi connectivity index (χ1) is 18.0. The summed E-state index contributed by atoms with van der Waals surface area (Å²) in [6, 6.07) is 16.3. The number of rotatable bonds is 11. The van der Waals surface area contributed by atoms with Crippen LogP contribution in [0.2, 0.25) is 0 Å². The van der Waals surface area contributed by atoms with Crippen molar-refractivity contribution in [3.8, 4) is 11.5 Å². The Morgan fingerprint density at radius 2 is 1.32 bits per heavy atom. The number of amides is 1. The molecule has 0 atom stereocenters. The van der Waals surface area contributed by atoms with E-state index >= 15 is 0 Å². The fourth-order valence-corrected chi connectivity index (χ4v) is 6.39. The van der Waals surface area contributed by atoms with Crippen LogP contribution in [0.1, 0.15) is 24.2 Å². The standard InChI is InChI=1S/C26H31N3O7S2/c1-6-29(7-2)38(33,34)22-14-10-20(11-15-22)27-26(30)19-8-12-21(13-9-19)28(3)37(31,32)23-16-17-24(35-4)25(18-23)36-5/h8-18H,6-7H2,1-5H3,(H,27,30). The lowest BCUT2D eigenvalue weighted by atomic mass is 10.2. The minimum Gasteiger partial charge on any atom is -0.493 e. The summed E-state index contributed by atoms with van der Waals surface area (Å²) in [5.74, 6) is 0.263. The molecule has 0 saturated carbocycles. The number of carbonyl (C=O) groups excluding carboxylic acids is 1. The summed E-state index contributed by atoms with van der Waals surface area (Å²) in [6.07, 6.45) is 0. The summed E-state index contributed by atoms with van der Waals surface area (Å²) in [6.45, 7) is 4.25. The van der Waals surface area contributed by atoms with Gasteiger partial charge >= 0.3 is 0 Å². The predicted molar refractivity (Wildman–Crippen MR) is 146 cm³/mol. The Labute approximate surface area is 223 Å². The summed E-state index contributed by atoms with van der Waals surface area (Å²) in [5, 5.41) is 2.72. The van der Waals surface area contributed by atoms with Crippen molar-refractivity contribution in [2.45, 2.75) is 23.6 Å². The first-order valence-corrected chi connectivity index (χ1v) is 14.6. The first kappa shape index (κ1) is 29.0. The van der Waals surface area contributed by atoms with Gasteiger partial charge in [-0.2, -0.15) is 4.31 Å². The summed E-state index contributed by atoms with van der Waals surface area (Å²) in [5.41, 5.74) is 1.07. The second kappa shape index (κ2) is 11.8. The lowest BCUT2D eigenvalue weighted by Crippen LogP contribution is -2.30. The lowest BCUT2D eigenvalue weighted by Gasteiger charge is -2.20. The number of carbonyl (C=O) groups is 1. The molecule has 0 aromatic heterocycles. The molecule has 3 aromatic carbocycles. The lowest BCUT2D eigenvalue weighted by molar-refractivity contribution is 0.102. The van der Waals surface area contributed by atoms with Crippen molar-refractivity contribution >= 4 is 37.3 Å². The number of benzene rings is 3. The van der Waals surface area contributed by atoms with E-state index in [-0.39, 0.29) is 15.5 Å². The van der Waals surface area contributed by atoms with Gasteiger partial charge in [0, 0.05) is 37.5 Å². The van der Waals surface area contributed by atoms with Gasteiger partial charge in [0.1, 0.15) is 0 Å². The smallest absolute Gasteiger partial charge is 0.264 e.